The van der Waals surface area contributed by atoms with E-state index in [1.165, 1.54) is 13.8 Å². The highest BCUT2D eigenvalue weighted by Crippen LogP contribution is 2.42. The van der Waals surface area contributed by atoms with Gasteiger partial charge in [0.25, 0.3) is 0 Å². The third-order valence-corrected chi connectivity index (χ3v) is 11.2. The zero-order valence-corrected chi connectivity index (χ0v) is 28.0. The van der Waals surface area contributed by atoms with Gasteiger partial charge in [0.15, 0.2) is 25.1 Å². The van der Waals surface area contributed by atoms with E-state index in [2.05, 4.69) is 5.32 Å². The van der Waals surface area contributed by atoms with Crippen molar-refractivity contribution in [3.8, 4) is 11.3 Å². The Hall–Kier alpha value is -4.23. The Morgan fingerprint density at radius 3 is 1.80 bits per heavy atom. The molecule has 0 fully saturated rings. The molecule has 13 heteroatoms. The van der Waals surface area contributed by atoms with Crippen molar-refractivity contribution in [2.75, 3.05) is 36.2 Å². The van der Waals surface area contributed by atoms with E-state index in [0.717, 1.165) is 0 Å². The van der Waals surface area contributed by atoms with Gasteiger partial charge in [-0.15, -0.1) is 0 Å². The second-order valence-corrected chi connectivity index (χ2v) is 15.8. The van der Waals surface area contributed by atoms with E-state index >= 15 is 0 Å². The van der Waals surface area contributed by atoms with Crippen LogP contribution in [-0.2, 0) is 38.7 Å². The Balaban J connectivity index is 1.90. The van der Waals surface area contributed by atoms with Crippen molar-refractivity contribution in [2.24, 2.45) is 0 Å². The second kappa shape index (κ2) is 14.0. The van der Waals surface area contributed by atoms with Crippen molar-refractivity contribution in [1.29, 1.82) is 0 Å². The highest BCUT2D eigenvalue weighted by Gasteiger charge is 2.40. The van der Waals surface area contributed by atoms with Gasteiger partial charge in [-0.25, -0.2) is 26.4 Å². The minimum atomic E-state index is -3.44. The van der Waals surface area contributed by atoms with Gasteiger partial charge in [-0.3, -0.25) is 4.79 Å². The highest BCUT2D eigenvalue weighted by molar-refractivity contribution is 7.91. The third kappa shape index (κ3) is 7.42. The number of hydrogen-bond acceptors (Lipinski definition) is 11. The van der Waals surface area contributed by atoms with Gasteiger partial charge in [0.1, 0.15) is 24.6 Å². The average Bonchev–Trinajstić information content (AvgIpc) is 3.02. The fraction of sp³-hybridized carbons (Fsp3) is 0.364. The summed E-state index contributed by atoms with van der Waals surface area (Å²) in [7, 11) is -6.89. The molecule has 1 aromatic heterocycles. The molecule has 1 N–H and O–H groups in total. The Morgan fingerprint density at radius 2 is 1.30 bits per heavy atom. The van der Waals surface area contributed by atoms with Crippen LogP contribution < -0.4 is 10.7 Å². The lowest BCUT2D eigenvalue weighted by atomic mass is 9.79. The number of sulfone groups is 2. The predicted molar refractivity (Wildman–Crippen MR) is 175 cm³/mol. The molecule has 1 aliphatic heterocycles. The minimum absolute atomic E-state index is 0.0235. The van der Waals surface area contributed by atoms with E-state index in [0.29, 0.717) is 28.3 Å². The monoisotopic (exact) mass is 671 g/mol. The molecular formula is C33H37NO10S2. The molecule has 0 saturated heterocycles. The number of nitrogens with one attached hydrogen (secondary N) is 1. The molecule has 4 rings (SSSR count). The van der Waals surface area contributed by atoms with Crippen LogP contribution in [0.3, 0.4) is 0 Å². The van der Waals surface area contributed by atoms with Gasteiger partial charge in [-0.1, -0.05) is 56.3 Å². The number of ether oxygens (including phenoxy) is 2. The molecule has 0 unspecified atom stereocenters. The van der Waals surface area contributed by atoms with E-state index in [9.17, 15) is 31.2 Å². The van der Waals surface area contributed by atoms with E-state index in [4.69, 9.17) is 13.9 Å². The van der Waals surface area contributed by atoms with Crippen molar-refractivity contribution >= 4 is 42.6 Å². The van der Waals surface area contributed by atoms with Crippen LogP contribution in [0, 0.1) is 6.92 Å². The molecular weight excluding hydrogens is 634 g/mol. The Bertz CT molecular complexity index is 1930. The third-order valence-electron chi connectivity index (χ3n) is 7.86. The summed E-state index contributed by atoms with van der Waals surface area (Å²) in [6.45, 7) is 7.00. The van der Waals surface area contributed by atoms with Gasteiger partial charge in [-0.2, -0.15) is 0 Å². The summed E-state index contributed by atoms with van der Waals surface area (Å²) in [6, 6.07) is 13.8. The average molecular weight is 672 g/mol. The number of hydrogen-bond donors (Lipinski definition) is 1. The highest BCUT2D eigenvalue weighted by atomic mass is 32.2. The molecule has 46 heavy (non-hydrogen) atoms. The fourth-order valence-corrected chi connectivity index (χ4v) is 6.49. The van der Waals surface area contributed by atoms with Crippen molar-refractivity contribution in [2.45, 2.75) is 40.5 Å². The van der Waals surface area contributed by atoms with Gasteiger partial charge in [0.05, 0.1) is 34.0 Å². The second-order valence-electron chi connectivity index (χ2n) is 10.9. The molecule has 2 aromatic carbocycles. The topological polar surface area (TPSA) is 163 Å². The SMILES string of the molecule is CCS(=O)(=O)CCOC(=O)C1=C(C)NC(C)=C(C(=O)OCCS(=O)(=O)CC)C1c1cccc2c(=O)c(C)c(-c3ccccc3)oc12. The lowest BCUT2D eigenvalue weighted by molar-refractivity contribution is -0.139. The van der Waals surface area contributed by atoms with Crippen LogP contribution >= 0.6 is 0 Å². The lowest BCUT2D eigenvalue weighted by Crippen LogP contribution is -2.33. The maximum atomic E-state index is 13.7. The molecule has 1 aliphatic rings. The molecule has 246 valence electrons. The van der Waals surface area contributed by atoms with E-state index < -0.39 is 62.3 Å². The van der Waals surface area contributed by atoms with Crippen LogP contribution in [0.1, 0.15) is 44.7 Å². The molecule has 0 aliphatic carbocycles. The first kappa shape index (κ1) is 34.6. The molecule has 0 spiro atoms. The van der Waals surface area contributed by atoms with E-state index in [1.807, 2.05) is 6.07 Å². The smallest absolute Gasteiger partial charge is 0.336 e. The lowest BCUT2D eigenvalue weighted by Gasteiger charge is -2.30. The van der Waals surface area contributed by atoms with E-state index in [-0.39, 0.29) is 44.6 Å². The van der Waals surface area contributed by atoms with E-state index in [1.54, 1.807) is 63.2 Å². The summed E-state index contributed by atoms with van der Waals surface area (Å²) in [5.41, 5.74) is 1.72. The number of fused-ring (bicyclic) bond motifs is 1. The van der Waals surface area contributed by atoms with Crippen LogP contribution in [0.5, 0.6) is 0 Å². The maximum absolute atomic E-state index is 13.7. The fourth-order valence-electron chi connectivity index (χ4n) is 5.24. The predicted octanol–water partition coefficient (Wildman–Crippen LogP) is 3.96. The first-order valence-electron chi connectivity index (χ1n) is 14.8. The van der Waals surface area contributed by atoms with Crippen LogP contribution in [0.2, 0.25) is 0 Å². The van der Waals surface area contributed by atoms with Gasteiger partial charge in [0, 0.05) is 39.6 Å². The number of esters is 2. The van der Waals surface area contributed by atoms with Gasteiger partial charge < -0.3 is 19.2 Å². The van der Waals surface area contributed by atoms with Crippen molar-refractivity contribution in [3.63, 3.8) is 0 Å². The van der Waals surface area contributed by atoms with Gasteiger partial charge in [0.2, 0.25) is 0 Å². The van der Waals surface area contributed by atoms with Crippen LogP contribution in [0.4, 0.5) is 0 Å². The number of dihydropyridines is 1. The summed E-state index contributed by atoms with van der Waals surface area (Å²) in [6.07, 6.45) is 0. The number of allylic oxidation sites excluding steroid dienone is 2. The molecule has 3 aromatic rings. The summed E-state index contributed by atoms with van der Waals surface area (Å²) in [5, 5.41) is 3.23. The normalized spacial score (nSPS) is 14.4. The van der Waals surface area contributed by atoms with Crippen molar-refractivity contribution in [1.82, 2.24) is 5.32 Å². The number of carbonyl (C=O) groups excluding carboxylic acids is 2. The van der Waals surface area contributed by atoms with Crippen LogP contribution in [-0.4, -0.2) is 65.0 Å². The van der Waals surface area contributed by atoms with Crippen molar-refractivity contribution in [3.05, 3.63) is 92.4 Å². The van der Waals surface area contributed by atoms with Crippen LogP contribution in [0.25, 0.3) is 22.3 Å². The Morgan fingerprint density at radius 1 is 0.783 bits per heavy atom. The number of rotatable bonds is 12. The Labute approximate surface area is 268 Å². The zero-order chi connectivity index (χ0) is 33.8. The summed E-state index contributed by atoms with van der Waals surface area (Å²) < 4.78 is 65.6. The zero-order valence-electron chi connectivity index (χ0n) is 26.3. The Kier molecular flexibility index (Phi) is 10.6. The summed E-state index contributed by atoms with van der Waals surface area (Å²) >= 11 is 0. The first-order valence-corrected chi connectivity index (χ1v) is 18.4. The molecule has 0 radical (unpaired) electrons. The standard InChI is InChI=1S/C33H37NO10S2/c1-6-45(38,39)18-16-42-32(36)26-21(4)34-22(5)27(33(37)43-17-19-46(40,41)7-2)28(26)24-14-11-15-25-29(35)20(3)30(44-31(24)25)23-12-9-8-10-13-23/h8-15,28,34H,6-7,16-19H2,1-5H3. The minimum Gasteiger partial charge on any atom is -0.461 e. The first-order chi connectivity index (χ1) is 21.7. The summed E-state index contributed by atoms with van der Waals surface area (Å²) in [4.78, 5) is 41.1. The van der Waals surface area contributed by atoms with Crippen LogP contribution in [0.15, 0.2) is 80.3 Å². The number of carbonyl (C=O) groups is 2. The number of benzene rings is 2. The molecule has 11 nitrogen and oxygen atoms in total. The molecule has 0 bridgehead atoms. The largest absolute Gasteiger partial charge is 0.461 e. The van der Waals surface area contributed by atoms with Crippen molar-refractivity contribution < 1.29 is 40.3 Å². The molecule has 2 heterocycles. The van der Waals surface area contributed by atoms with Gasteiger partial charge in [-0.05, 0) is 26.8 Å². The molecule has 0 atom stereocenters. The van der Waals surface area contributed by atoms with Gasteiger partial charge >= 0.3 is 11.9 Å². The number of para-hydroxylation sites is 1. The quantitative estimate of drug-likeness (QED) is 0.277. The molecule has 0 amide bonds. The summed E-state index contributed by atoms with van der Waals surface area (Å²) in [5.74, 6) is -3.68. The maximum Gasteiger partial charge on any atom is 0.336 e. The molecule has 0 saturated carbocycles.